The lowest BCUT2D eigenvalue weighted by Crippen LogP contribution is -2.00. The molecule has 0 saturated heterocycles. The Morgan fingerprint density at radius 3 is 2.35 bits per heavy atom. The first-order valence-corrected chi connectivity index (χ1v) is 7.64. The molecule has 0 aliphatic heterocycles. The fraction of sp³-hybridized carbons (Fsp3) is 0.105. The summed E-state index contributed by atoms with van der Waals surface area (Å²) in [4.78, 5) is 11.4. The van der Waals surface area contributed by atoms with Crippen molar-refractivity contribution in [3.05, 3.63) is 65.5 Å². The standard InChI is InChI=1S/C19H15FN2O4/c1-24-15-9-7-13(8-10-15)17-21-22-18(26-17)16(20)11-12-3-5-14(6-4-12)19(23)25-2/h3-11H,1-2H3/b16-11-. The van der Waals surface area contributed by atoms with Gasteiger partial charge in [-0.3, -0.25) is 0 Å². The molecule has 0 aliphatic carbocycles. The van der Waals surface area contributed by atoms with Crippen molar-refractivity contribution >= 4 is 17.9 Å². The lowest BCUT2D eigenvalue weighted by Gasteiger charge is -2.00. The van der Waals surface area contributed by atoms with Crippen molar-refractivity contribution in [3.8, 4) is 17.2 Å². The first-order valence-electron chi connectivity index (χ1n) is 7.64. The fourth-order valence-corrected chi connectivity index (χ4v) is 2.21. The molecule has 0 fully saturated rings. The Labute approximate surface area is 148 Å². The van der Waals surface area contributed by atoms with E-state index in [1.165, 1.54) is 13.2 Å². The molecule has 1 heterocycles. The summed E-state index contributed by atoms with van der Waals surface area (Å²) in [7, 11) is 2.86. The summed E-state index contributed by atoms with van der Waals surface area (Å²) in [5.74, 6) is -0.472. The summed E-state index contributed by atoms with van der Waals surface area (Å²) in [6, 6.07) is 13.2. The lowest BCUT2D eigenvalue weighted by molar-refractivity contribution is 0.0600. The van der Waals surface area contributed by atoms with Gasteiger partial charge in [-0.15, -0.1) is 10.2 Å². The van der Waals surface area contributed by atoms with Gasteiger partial charge in [0.2, 0.25) is 5.89 Å². The van der Waals surface area contributed by atoms with Crippen LogP contribution in [0.5, 0.6) is 5.75 Å². The molecule has 0 aliphatic rings. The molecule has 0 N–H and O–H groups in total. The normalized spacial score (nSPS) is 11.3. The molecule has 3 rings (SSSR count). The summed E-state index contributed by atoms with van der Waals surface area (Å²) in [5.41, 5.74) is 1.57. The molecule has 2 aromatic carbocycles. The second-order valence-electron chi connectivity index (χ2n) is 5.25. The zero-order valence-electron chi connectivity index (χ0n) is 14.1. The number of ether oxygens (including phenoxy) is 2. The van der Waals surface area contributed by atoms with E-state index in [2.05, 4.69) is 14.9 Å². The van der Waals surface area contributed by atoms with Crippen molar-refractivity contribution in [2.45, 2.75) is 0 Å². The molecule has 132 valence electrons. The molecule has 26 heavy (non-hydrogen) atoms. The van der Waals surface area contributed by atoms with Crippen molar-refractivity contribution in [3.63, 3.8) is 0 Å². The minimum Gasteiger partial charge on any atom is -0.497 e. The predicted molar refractivity (Wildman–Crippen MR) is 93.0 cm³/mol. The highest BCUT2D eigenvalue weighted by atomic mass is 19.1. The Kier molecular flexibility index (Phi) is 5.07. The number of carbonyl (C=O) groups is 1. The lowest BCUT2D eigenvalue weighted by atomic mass is 10.1. The van der Waals surface area contributed by atoms with Crippen molar-refractivity contribution in [1.82, 2.24) is 10.2 Å². The van der Waals surface area contributed by atoms with Crippen LogP contribution < -0.4 is 4.74 Å². The van der Waals surface area contributed by atoms with Gasteiger partial charge in [-0.05, 0) is 48.0 Å². The SMILES string of the molecule is COC(=O)c1ccc(/C=C(\F)c2nnc(-c3ccc(OC)cc3)o2)cc1. The average Bonchev–Trinajstić information content (AvgIpc) is 3.18. The number of esters is 1. The Hall–Kier alpha value is -3.48. The predicted octanol–water partition coefficient (Wildman–Crippen LogP) is 4.00. The zero-order valence-corrected chi connectivity index (χ0v) is 14.1. The third kappa shape index (κ3) is 3.77. The Morgan fingerprint density at radius 2 is 1.73 bits per heavy atom. The molecule has 0 amide bonds. The summed E-state index contributed by atoms with van der Waals surface area (Å²) in [6.45, 7) is 0. The molecule has 7 heteroatoms. The first kappa shape index (κ1) is 17.3. The minimum atomic E-state index is -0.678. The maximum atomic E-state index is 14.3. The third-order valence-corrected chi connectivity index (χ3v) is 3.59. The molecule has 3 aromatic rings. The molecular formula is C19H15FN2O4. The topological polar surface area (TPSA) is 74.5 Å². The maximum absolute atomic E-state index is 14.3. The van der Waals surface area contributed by atoms with E-state index in [1.807, 2.05) is 0 Å². The van der Waals surface area contributed by atoms with Gasteiger partial charge in [-0.25, -0.2) is 9.18 Å². The molecule has 0 unspecified atom stereocenters. The molecule has 0 saturated carbocycles. The maximum Gasteiger partial charge on any atom is 0.337 e. The number of rotatable bonds is 5. The fourth-order valence-electron chi connectivity index (χ4n) is 2.21. The largest absolute Gasteiger partial charge is 0.497 e. The summed E-state index contributed by atoms with van der Waals surface area (Å²) >= 11 is 0. The number of benzene rings is 2. The highest BCUT2D eigenvalue weighted by Crippen LogP contribution is 2.25. The van der Waals surface area contributed by atoms with E-state index in [1.54, 1.807) is 55.6 Å². The smallest absolute Gasteiger partial charge is 0.337 e. The van der Waals surface area contributed by atoms with E-state index >= 15 is 0 Å². The Morgan fingerprint density at radius 1 is 1.04 bits per heavy atom. The van der Waals surface area contributed by atoms with Crippen molar-refractivity contribution in [2.75, 3.05) is 14.2 Å². The van der Waals surface area contributed by atoms with Gasteiger partial charge in [-0.1, -0.05) is 12.1 Å². The molecular weight excluding hydrogens is 339 g/mol. The Bertz CT molecular complexity index is 931. The van der Waals surface area contributed by atoms with Gasteiger partial charge in [0.05, 0.1) is 19.8 Å². The van der Waals surface area contributed by atoms with Crippen LogP contribution in [0.25, 0.3) is 23.4 Å². The van der Waals surface area contributed by atoms with Crippen LogP contribution in [-0.4, -0.2) is 30.4 Å². The van der Waals surface area contributed by atoms with Gasteiger partial charge in [0.15, 0.2) is 5.83 Å². The van der Waals surface area contributed by atoms with Crippen LogP contribution in [0.1, 0.15) is 21.8 Å². The van der Waals surface area contributed by atoms with E-state index in [0.717, 1.165) is 0 Å². The average molecular weight is 354 g/mol. The second-order valence-corrected chi connectivity index (χ2v) is 5.25. The van der Waals surface area contributed by atoms with E-state index in [9.17, 15) is 9.18 Å². The second kappa shape index (κ2) is 7.60. The zero-order chi connectivity index (χ0) is 18.5. The summed E-state index contributed by atoms with van der Waals surface area (Å²) < 4.78 is 29.4. The van der Waals surface area contributed by atoms with Crippen LogP contribution in [0.3, 0.4) is 0 Å². The van der Waals surface area contributed by atoms with Crippen LogP contribution >= 0.6 is 0 Å². The molecule has 0 radical (unpaired) electrons. The number of methoxy groups -OCH3 is 2. The number of nitrogens with zero attached hydrogens (tertiary/aromatic N) is 2. The third-order valence-electron chi connectivity index (χ3n) is 3.59. The minimum absolute atomic E-state index is 0.201. The number of hydrogen-bond donors (Lipinski definition) is 0. The summed E-state index contributed by atoms with van der Waals surface area (Å²) in [5, 5.41) is 7.58. The number of halogens is 1. The number of hydrogen-bond acceptors (Lipinski definition) is 6. The van der Waals surface area contributed by atoms with Crippen molar-refractivity contribution in [1.29, 1.82) is 0 Å². The van der Waals surface area contributed by atoms with E-state index in [0.29, 0.717) is 22.4 Å². The Balaban J connectivity index is 1.79. The highest BCUT2D eigenvalue weighted by Gasteiger charge is 2.13. The van der Waals surface area contributed by atoms with Crippen LogP contribution in [0, 0.1) is 0 Å². The van der Waals surface area contributed by atoms with Crippen molar-refractivity contribution < 1.29 is 23.1 Å². The highest BCUT2D eigenvalue weighted by molar-refractivity contribution is 5.89. The van der Waals surface area contributed by atoms with E-state index in [-0.39, 0.29) is 11.8 Å². The first-order chi connectivity index (χ1) is 12.6. The molecule has 0 atom stereocenters. The molecule has 0 bridgehead atoms. The monoisotopic (exact) mass is 354 g/mol. The van der Waals surface area contributed by atoms with E-state index < -0.39 is 11.8 Å². The van der Waals surface area contributed by atoms with E-state index in [4.69, 9.17) is 9.15 Å². The number of carbonyl (C=O) groups excluding carboxylic acids is 1. The van der Waals surface area contributed by atoms with Gasteiger partial charge in [0.25, 0.3) is 5.89 Å². The van der Waals surface area contributed by atoms with Gasteiger partial charge in [0.1, 0.15) is 5.75 Å². The molecule has 1 aromatic heterocycles. The molecule has 6 nitrogen and oxygen atoms in total. The van der Waals surface area contributed by atoms with Gasteiger partial charge in [0, 0.05) is 5.56 Å². The van der Waals surface area contributed by atoms with Crippen LogP contribution in [0.15, 0.2) is 52.9 Å². The van der Waals surface area contributed by atoms with Crippen molar-refractivity contribution in [2.24, 2.45) is 0 Å². The number of aromatic nitrogens is 2. The van der Waals surface area contributed by atoms with Gasteiger partial charge < -0.3 is 13.9 Å². The van der Waals surface area contributed by atoms with Crippen LogP contribution in [0.4, 0.5) is 4.39 Å². The summed E-state index contributed by atoms with van der Waals surface area (Å²) in [6.07, 6.45) is 1.24. The molecule has 0 spiro atoms. The quantitative estimate of drug-likeness (QED) is 0.645. The van der Waals surface area contributed by atoms with Crippen LogP contribution in [-0.2, 0) is 4.74 Å². The van der Waals surface area contributed by atoms with Gasteiger partial charge >= 0.3 is 5.97 Å². The van der Waals surface area contributed by atoms with Crippen LogP contribution in [0.2, 0.25) is 0 Å². The van der Waals surface area contributed by atoms with Gasteiger partial charge in [-0.2, -0.15) is 0 Å².